The number of hydrogen-bond donors (Lipinski definition) is 3. The van der Waals surface area contributed by atoms with E-state index in [-0.39, 0.29) is 23.7 Å². The Balaban J connectivity index is 2.49. The van der Waals surface area contributed by atoms with Gasteiger partial charge in [-0.15, -0.1) is 0 Å². The van der Waals surface area contributed by atoms with Crippen LogP contribution in [0.3, 0.4) is 0 Å². The fourth-order valence-electron chi connectivity index (χ4n) is 2.94. The van der Waals surface area contributed by atoms with E-state index in [0.717, 1.165) is 32.2 Å². The number of rotatable bonds is 8. The summed E-state index contributed by atoms with van der Waals surface area (Å²) < 4.78 is 0. The first-order chi connectivity index (χ1) is 9.49. The highest BCUT2D eigenvalue weighted by atomic mass is 16.4. The van der Waals surface area contributed by atoms with Gasteiger partial charge in [-0.1, -0.05) is 33.1 Å². The van der Waals surface area contributed by atoms with Crippen LogP contribution in [0.15, 0.2) is 0 Å². The van der Waals surface area contributed by atoms with Crippen molar-refractivity contribution in [1.82, 2.24) is 10.6 Å². The van der Waals surface area contributed by atoms with Gasteiger partial charge in [-0.3, -0.25) is 9.59 Å². The second-order valence-electron chi connectivity index (χ2n) is 6.06. The van der Waals surface area contributed by atoms with E-state index in [1.54, 1.807) is 0 Å². The number of aliphatic carboxylic acids is 1. The van der Waals surface area contributed by atoms with Crippen LogP contribution in [-0.2, 0) is 9.59 Å². The van der Waals surface area contributed by atoms with Crippen molar-refractivity contribution in [3.05, 3.63) is 0 Å². The van der Waals surface area contributed by atoms with Crippen molar-refractivity contribution in [2.75, 3.05) is 19.6 Å². The van der Waals surface area contributed by atoms with Crippen LogP contribution in [0, 0.1) is 11.3 Å². The molecule has 116 valence electrons. The molecule has 0 radical (unpaired) electrons. The quantitative estimate of drug-likeness (QED) is 0.635. The van der Waals surface area contributed by atoms with Crippen molar-refractivity contribution in [1.29, 1.82) is 0 Å². The molecule has 0 aromatic carbocycles. The normalized spacial score (nSPS) is 19.3. The number of amides is 1. The molecule has 0 spiro atoms. The first kappa shape index (κ1) is 17.0. The van der Waals surface area contributed by atoms with E-state index < -0.39 is 5.97 Å². The van der Waals surface area contributed by atoms with Crippen molar-refractivity contribution < 1.29 is 14.7 Å². The molecule has 1 rings (SSSR count). The van der Waals surface area contributed by atoms with E-state index in [2.05, 4.69) is 10.6 Å². The minimum Gasteiger partial charge on any atom is -0.481 e. The zero-order valence-corrected chi connectivity index (χ0v) is 12.7. The predicted molar refractivity (Wildman–Crippen MR) is 78.5 cm³/mol. The molecule has 3 N–H and O–H groups in total. The number of nitrogens with one attached hydrogen (secondary N) is 2. The van der Waals surface area contributed by atoms with Gasteiger partial charge in [-0.05, 0) is 24.8 Å². The topological polar surface area (TPSA) is 78.4 Å². The molecule has 0 heterocycles. The van der Waals surface area contributed by atoms with Gasteiger partial charge in [0.15, 0.2) is 0 Å². The van der Waals surface area contributed by atoms with Crippen LogP contribution >= 0.6 is 0 Å². The maximum absolute atomic E-state index is 12.0. The standard InChI is InChI=1S/C15H28N2O3/c1-3-16-10-12(2)14(20)17-11-15(9-13(18)19)7-5-4-6-8-15/h12,16H,3-11H2,1-2H3,(H,17,20)(H,18,19). The summed E-state index contributed by atoms with van der Waals surface area (Å²) in [5, 5.41) is 15.2. The molecular formula is C15H28N2O3. The van der Waals surface area contributed by atoms with E-state index in [4.69, 9.17) is 5.11 Å². The molecule has 1 saturated carbocycles. The smallest absolute Gasteiger partial charge is 0.303 e. The highest BCUT2D eigenvalue weighted by molar-refractivity contribution is 5.78. The first-order valence-electron chi connectivity index (χ1n) is 7.69. The molecule has 5 heteroatoms. The molecule has 0 saturated heterocycles. The first-order valence-corrected chi connectivity index (χ1v) is 7.69. The molecular weight excluding hydrogens is 256 g/mol. The van der Waals surface area contributed by atoms with Crippen molar-refractivity contribution in [2.24, 2.45) is 11.3 Å². The molecule has 0 aromatic heterocycles. The molecule has 1 aliphatic carbocycles. The third-order valence-corrected chi connectivity index (χ3v) is 4.23. The lowest BCUT2D eigenvalue weighted by Gasteiger charge is -2.36. The van der Waals surface area contributed by atoms with Crippen LogP contribution in [0.2, 0.25) is 0 Å². The number of carboxylic acids is 1. The van der Waals surface area contributed by atoms with Crippen LogP contribution in [0.1, 0.15) is 52.4 Å². The van der Waals surface area contributed by atoms with Gasteiger partial charge in [0.1, 0.15) is 0 Å². The lowest BCUT2D eigenvalue weighted by molar-refractivity contribution is -0.141. The highest BCUT2D eigenvalue weighted by Crippen LogP contribution is 2.38. The van der Waals surface area contributed by atoms with Gasteiger partial charge in [-0.2, -0.15) is 0 Å². The number of carbonyl (C=O) groups is 2. The molecule has 0 bridgehead atoms. The summed E-state index contributed by atoms with van der Waals surface area (Å²) >= 11 is 0. The minimum atomic E-state index is -0.762. The minimum absolute atomic E-state index is 0.0151. The van der Waals surface area contributed by atoms with Crippen LogP contribution in [0.5, 0.6) is 0 Å². The summed E-state index contributed by atoms with van der Waals surface area (Å²) in [6, 6.07) is 0. The summed E-state index contributed by atoms with van der Waals surface area (Å²) in [5.74, 6) is -0.830. The lowest BCUT2D eigenvalue weighted by Crippen LogP contribution is -2.43. The van der Waals surface area contributed by atoms with Gasteiger partial charge in [-0.25, -0.2) is 0 Å². The van der Waals surface area contributed by atoms with Crippen LogP contribution in [0.4, 0.5) is 0 Å². The molecule has 5 nitrogen and oxygen atoms in total. The zero-order valence-electron chi connectivity index (χ0n) is 12.7. The fraction of sp³-hybridized carbons (Fsp3) is 0.867. The molecule has 0 aromatic rings. The number of hydrogen-bond acceptors (Lipinski definition) is 3. The summed E-state index contributed by atoms with van der Waals surface area (Å²) in [5.41, 5.74) is -0.238. The van der Waals surface area contributed by atoms with Crippen LogP contribution < -0.4 is 10.6 Å². The molecule has 1 unspecified atom stereocenters. The van der Waals surface area contributed by atoms with Gasteiger partial charge in [0.25, 0.3) is 0 Å². The monoisotopic (exact) mass is 284 g/mol. The van der Waals surface area contributed by atoms with E-state index in [9.17, 15) is 9.59 Å². The largest absolute Gasteiger partial charge is 0.481 e. The van der Waals surface area contributed by atoms with Crippen molar-refractivity contribution in [2.45, 2.75) is 52.4 Å². The Kier molecular flexibility index (Phi) is 6.99. The molecule has 20 heavy (non-hydrogen) atoms. The third kappa shape index (κ3) is 5.49. The summed E-state index contributed by atoms with van der Waals surface area (Å²) in [6.45, 7) is 5.90. The average Bonchev–Trinajstić information content (AvgIpc) is 2.42. The third-order valence-electron chi connectivity index (χ3n) is 4.23. The highest BCUT2D eigenvalue weighted by Gasteiger charge is 2.35. The van der Waals surface area contributed by atoms with Gasteiger partial charge < -0.3 is 15.7 Å². The Bertz CT molecular complexity index is 325. The van der Waals surface area contributed by atoms with Crippen molar-refractivity contribution >= 4 is 11.9 Å². The molecule has 1 atom stereocenters. The number of carbonyl (C=O) groups excluding carboxylic acids is 1. The van der Waals surface area contributed by atoms with Gasteiger partial charge in [0.2, 0.25) is 5.91 Å². The lowest BCUT2D eigenvalue weighted by atomic mass is 9.71. The average molecular weight is 284 g/mol. The van der Waals surface area contributed by atoms with E-state index in [1.165, 1.54) is 6.42 Å². The Morgan fingerprint density at radius 3 is 2.45 bits per heavy atom. The fourth-order valence-corrected chi connectivity index (χ4v) is 2.94. The molecule has 1 amide bonds. The zero-order chi connectivity index (χ0) is 15.0. The molecule has 1 fully saturated rings. The van der Waals surface area contributed by atoms with Gasteiger partial charge >= 0.3 is 5.97 Å². The summed E-state index contributed by atoms with van der Waals surface area (Å²) in [4.78, 5) is 23.1. The SMILES string of the molecule is CCNCC(C)C(=O)NCC1(CC(=O)O)CCCCC1. The van der Waals surface area contributed by atoms with Gasteiger partial charge in [0.05, 0.1) is 6.42 Å². The van der Waals surface area contributed by atoms with Gasteiger partial charge in [0, 0.05) is 19.0 Å². The molecule has 0 aliphatic heterocycles. The summed E-state index contributed by atoms with van der Waals surface area (Å²) in [7, 11) is 0. The van der Waals surface area contributed by atoms with Crippen LogP contribution in [0.25, 0.3) is 0 Å². The Labute approximate surface area is 121 Å². The van der Waals surface area contributed by atoms with E-state index in [1.807, 2.05) is 13.8 Å². The number of carboxylic acid groups (broad SMARTS) is 1. The molecule has 1 aliphatic rings. The van der Waals surface area contributed by atoms with Crippen molar-refractivity contribution in [3.8, 4) is 0 Å². The Hall–Kier alpha value is -1.10. The summed E-state index contributed by atoms with van der Waals surface area (Å²) in [6.07, 6.45) is 5.27. The maximum Gasteiger partial charge on any atom is 0.303 e. The Morgan fingerprint density at radius 2 is 1.90 bits per heavy atom. The second kappa shape index (κ2) is 8.25. The Morgan fingerprint density at radius 1 is 1.25 bits per heavy atom. The second-order valence-corrected chi connectivity index (χ2v) is 6.06. The maximum atomic E-state index is 12.0. The van der Waals surface area contributed by atoms with E-state index >= 15 is 0 Å². The predicted octanol–water partition coefficient (Wildman–Crippen LogP) is 1.77. The van der Waals surface area contributed by atoms with Crippen LogP contribution in [-0.4, -0.2) is 36.6 Å². The van der Waals surface area contributed by atoms with E-state index in [0.29, 0.717) is 13.1 Å². The van der Waals surface area contributed by atoms with Crippen molar-refractivity contribution in [3.63, 3.8) is 0 Å².